The van der Waals surface area contributed by atoms with E-state index in [-0.39, 0.29) is 0 Å². The molecule has 2 aliphatic rings. The molecule has 0 aliphatic carbocycles. The van der Waals surface area contributed by atoms with E-state index in [2.05, 4.69) is 16.3 Å². The molecule has 0 N–H and O–H groups in total. The lowest BCUT2D eigenvalue weighted by Gasteiger charge is -2.03. The minimum absolute atomic E-state index is 0.457. The van der Waals surface area contributed by atoms with Crippen molar-refractivity contribution in [3.63, 3.8) is 0 Å². The van der Waals surface area contributed by atoms with Crippen LogP contribution in [0.2, 0.25) is 0 Å². The Balaban J connectivity index is 2.39. The zero-order valence-electron chi connectivity index (χ0n) is 4.95. The summed E-state index contributed by atoms with van der Waals surface area (Å²) in [6.45, 7) is 0. The Kier molecular flexibility index (Phi) is 1.07. The zero-order chi connectivity index (χ0) is 6.97. The molecule has 0 spiro atoms. The highest BCUT2D eigenvalue weighted by molar-refractivity contribution is 6.68. The number of nitrogens with zero attached hydrogens (tertiary/aromatic N) is 3. The molecule has 0 aromatic carbocycles. The number of aliphatic imine (C=N–C) groups is 1. The third-order valence-corrected chi connectivity index (χ3v) is 1.37. The fourth-order valence-corrected chi connectivity index (χ4v) is 0.885. The van der Waals surface area contributed by atoms with Crippen LogP contribution in [-0.4, -0.2) is 16.0 Å². The summed E-state index contributed by atoms with van der Waals surface area (Å²) in [6, 6.07) is 0. The second-order valence-corrected chi connectivity index (χ2v) is 2.22. The number of fused-ring (bicyclic) bond motifs is 1. The van der Waals surface area contributed by atoms with Crippen LogP contribution in [0.3, 0.4) is 0 Å². The lowest BCUT2D eigenvalue weighted by molar-refractivity contribution is 0.617. The number of hydrazone groups is 1. The van der Waals surface area contributed by atoms with Gasteiger partial charge in [0.1, 0.15) is 0 Å². The summed E-state index contributed by atoms with van der Waals surface area (Å²) in [5.41, 5.74) is 0. The van der Waals surface area contributed by atoms with E-state index in [4.69, 9.17) is 11.6 Å². The van der Waals surface area contributed by atoms with E-state index >= 15 is 0 Å². The molecule has 0 aromatic heterocycles. The molecule has 0 atom stereocenters. The molecule has 2 aliphatic heterocycles. The maximum Gasteiger partial charge on any atom is 0.306 e. The van der Waals surface area contributed by atoms with Crippen LogP contribution in [0.25, 0.3) is 0 Å². The predicted octanol–water partition coefficient (Wildman–Crippen LogP) is 1.10. The van der Waals surface area contributed by atoms with Crippen molar-refractivity contribution in [3.8, 4) is 0 Å². The Morgan fingerprint density at radius 3 is 3.30 bits per heavy atom. The Morgan fingerprint density at radius 2 is 2.40 bits per heavy atom. The van der Waals surface area contributed by atoms with Crippen molar-refractivity contribution in [2.75, 3.05) is 0 Å². The first kappa shape index (κ1) is 5.59. The van der Waals surface area contributed by atoms with Crippen molar-refractivity contribution in [1.82, 2.24) is 5.01 Å². The van der Waals surface area contributed by atoms with Crippen LogP contribution in [0.4, 0.5) is 0 Å². The average Bonchev–Trinajstić information content (AvgIpc) is 2.33. The Bertz CT molecular complexity index is 275. The summed E-state index contributed by atoms with van der Waals surface area (Å²) in [4.78, 5) is 3.88. The number of amidine groups is 1. The molecule has 2 rings (SSSR count). The Hall–Kier alpha value is -1.18. The molecule has 0 fully saturated rings. The minimum atomic E-state index is 0.457. The standard InChI is InChI=1S/C6H3ClN3/c7-5-1-2-6-8-3-4-10(6)9-5/h1-2,4H/q+1. The molecular weight excluding hydrogens is 150 g/mol. The Morgan fingerprint density at radius 1 is 1.50 bits per heavy atom. The zero-order valence-corrected chi connectivity index (χ0v) is 5.71. The van der Waals surface area contributed by atoms with Crippen LogP contribution in [0, 0.1) is 6.20 Å². The van der Waals surface area contributed by atoms with Gasteiger partial charge in [0.05, 0.1) is 6.08 Å². The van der Waals surface area contributed by atoms with Gasteiger partial charge in [0.25, 0.3) is 0 Å². The smallest absolute Gasteiger partial charge is 0.133 e. The fourth-order valence-electron chi connectivity index (χ4n) is 0.740. The summed E-state index contributed by atoms with van der Waals surface area (Å²) in [5.74, 6) is 0.754. The van der Waals surface area contributed by atoms with Crippen molar-refractivity contribution in [1.29, 1.82) is 0 Å². The van der Waals surface area contributed by atoms with Crippen molar-refractivity contribution in [2.24, 2.45) is 10.1 Å². The normalized spacial score (nSPS) is 19.9. The van der Waals surface area contributed by atoms with E-state index in [9.17, 15) is 0 Å². The van der Waals surface area contributed by atoms with Crippen molar-refractivity contribution in [3.05, 3.63) is 24.6 Å². The van der Waals surface area contributed by atoms with Crippen LogP contribution in [0.15, 0.2) is 28.4 Å². The third-order valence-electron chi connectivity index (χ3n) is 1.17. The van der Waals surface area contributed by atoms with Crippen molar-refractivity contribution >= 4 is 22.6 Å². The molecule has 0 saturated carbocycles. The van der Waals surface area contributed by atoms with Gasteiger partial charge in [-0.3, -0.25) is 0 Å². The van der Waals surface area contributed by atoms with E-state index < -0.39 is 0 Å². The first-order chi connectivity index (χ1) is 4.86. The van der Waals surface area contributed by atoms with E-state index in [1.807, 2.05) is 0 Å². The monoisotopic (exact) mass is 152 g/mol. The van der Waals surface area contributed by atoms with Gasteiger partial charge in [-0.2, -0.15) is 0 Å². The summed E-state index contributed by atoms with van der Waals surface area (Å²) >= 11 is 5.60. The SMILES string of the molecule is ClC1=NN2C=[C+]N=C2C=C1. The molecule has 2 heterocycles. The van der Waals surface area contributed by atoms with E-state index in [0.29, 0.717) is 5.17 Å². The highest BCUT2D eigenvalue weighted by Gasteiger charge is 2.23. The first-order valence-electron chi connectivity index (χ1n) is 2.74. The maximum absolute atomic E-state index is 5.60. The van der Waals surface area contributed by atoms with Gasteiger partial charge in [-0.25, -0.2) is 0 Å². The third kappa shape index (κ3) is 0.727. The summed E-state index contributed by atoms with van der Waals surface area (Å²) in [6.07, 6.45) is 7.76. The van der Waals surface area contributed by atoms with Gasteiger partial charge >= 0.3 is 5.84 Å². The van der Waals surface area contributed by atoms with Crippen LogP contribution in [0.5, 0.6) is 0 Å². The second kappa shape index (κ2) is 1.90. The van der Waals surface area contributed by atoms with E-state index in [1.165, 1.54) is 0 Å². The van der Waals surface area contributed by atoms with Gasteiger partial charge in [0, 0.05) is 11.1 Å². The predicted molar refractivity (Wildman–Crippen MR) is 39.5 cm³/mol. The summed E-state index contributed by atoms with van der Waals surface area (Å²) < 4.78 is 0. The molecule has 0 saturated heterocycles. The molecule has 4 heteroatoms. The van der Waals surface area contributed by atoms with Gasteiger partial charge in [-0.1, -0.05) is 11.6 Å². The Labute approximate surface area is 63.0 Å². The lowest BCUT2D eigenvalue weighted by atomic mass is 10.4. The van der Waals surface area contributed by atoms with Crippen LogP contribution in [0.1, 0.15) is 0 Å². The first-order valence-corrected chi connectivity index (χ1v) is 3.12. The van der Waals surface area contributed by atoms with E-state index in [0.717, 1.165) is 5.84 Å². The van der Waals surface area contributed by atoms with Gasteiger partial charge in [-0.15, -0.1) is 10.1 Å². The quantitative estimate of drug-likeness (QED) is 0.478. The van der Waals surface area contributed by atoms with Gasteiger partial charge in [0.2, 0.25) is 12.4 Å². The highest BCUT2D eigenvalue weighted by atomic mass is 35.5. The largest absolute Gasteiger partial charge is 0.306 e. The summed E-state index contributed by atoms with van der Waals surface area (Å²) in [7, 11) is 0. The van der Waals surface area contributed by atoms with Gasteiger partial charge in [0.15, 0.2) is 5.17 Å². The number of halogens is 1. The van der Waals surface area contributed by atoms with E-state index in [1.54, 1.807) is 23.4 Å². The van der Waals surface area contributed by atoms with Crippen molar-refractivity contribution in [2.45, 2.75) is 0 Å². The number of allylic oxidation sites excluding steroid dienone is 1. The number of hydrogen-bond donors (Lipinski definition) is 0. The molecule has 3 nitrogen and oxygen atoms in total. The second-order valence-electron chi connectivity index (χ2n) is 1.83. The molecule has 10 heavy (non-hydrogen) atoms. The molecule has 0 bridgehead atoms. The van der Waals surface area contributed by atoms with Crippen LogP contribution < -0.4 is 0 Å². The number of rotatable bonds is 0. The van der Waals surface area contributed by atoms with Crippen LogP contribution >= 0.6 is 11.6 Å². The topological polar surface area (TPSA) is 28.0 Å². The average molecular weight is 153 g/mol. The van der Waals surface area contributed by atoms with Crippen molar-refractivity contribution < 1.29 is 0 Å². The maximum atomic E-state index is 5.60. The lowest BCUT2D eigenvalue weighted by Crippen LogP contribution is -2.18. The minimum Gasteiger partial charge on any atom is -0.133 e. The van der Waals surface area contributed by atoms with Gasteiger partial charge in [-0.05, 0) is 0 Å². The summed E-state index contributed by atoms with van der Waals surface area (Å²) in [5, 5.41) is 5.95. The fraction of sp³-hybridized carbons (Fsp3) is 0. The van der Waals surface area contributed by atoms with Gasteiger partial charge < -0.3 is 0 Å². The molecule has 0 aromatic rings. The molecule has 48 valence electrons. The highest BCUT2D eigenvalue weighted by Crippen LogP contribution is 2.10. The number of hydrogen-bond acceptors (Lipinski definition) is 3. The molecule has 0 amide bonds. The van der Waals surface area contributed by atoms with Crippen LogP contribution in [-0.2, 0) is 0 Å². The molecule has 0 radical (unpaired) electrons. The molecular formula is C6H3ClN3+. The molecule has 0 unspecified atom stereocenters.